The number of benzene rings is 3. The van der Waals surface area contributed by atoms with Crippen LogP contribution >= 0.6 is 11.8 Å². The van der Waals surface area contributed by atoms with Gasteiger partial charge in [0.05, 0.1) is 38.0 Å². The fourth-order valence-electron chi connectivity index (χ4n) is 3.43. The number of hydrogen-bond donors (Lipinski definition) is 2. The maximum Gasteiger partial charge on any atom is 0.320 e. The summed E-state index contributed by atoms with van der Waals surface area (Å²) in [6, 6.07) is 20.0. The van der Waals surface area contributed by atoms with E-state index in [4.69, 9.17) is 13.9 Å². The quantitative estimate of drug-likeness (QED) is 0.316. The lowest BCUT2D eigenvalue weighted by atomic mass is 10.1. The fraction of sp³-hybridized carbons (Fsp3) is 0.125. The van der Waals surface area contributed by atoms with Crippen LogP contribution in [0.25, 0.3) is 10.9 Å². The van der Waals surface area contributed by atoms with Gasteiger partial charge >= 0.3 is 6.01 Å². The smallest absolute Gasteiger partial charge is 0.320 e. The first-order chi connectivity index (χ1) is 16.2. The number of hydrogen-bond acceptors (Lipinski definition) is 8. The number of aromatic nitrogens is 4. The predicted molar refractivity (Wildman–Crippen MR) is 127 cm³/mol. The summed E-state index contributed by atoms with van der Waals surface area (Å²) in [6.45, 7) is 0. The van der Waals surface area contributed by atoms with Gasteiger partial charge in [0.2, 0.25) is 5.89 Å². The molecule has 0 radical (unpaired) electrons. The SMILES string of the molecule is COc1cccc(Cc2nnc(Nc3ccc4[nH]ncc4c3Sc3cccc(OC)c3)o2)c1. The summed E-state index contributed by atoms with van der Waals surface area (Å²) in [5.41, 5.74) is 2.81. The topological polar surface area (TPSA) is 98.1 Å². The summed E-state index contributed by atoms with van der Waals surface area (Å²) in [5, 5.41) is 19.9. The van der Waals surface area contributed by atoms with Crippen molar-refractivity contribution in [2.75, 3.05) is 19.5 Å². The lowest BCUT2D eigenvalue weighted by molar-refractivity contribution is 0.413. The van der Waals surface area contributed by atoms with Gasteiger partial charge in [0, 0.05) is 15.2 Å². The van der Waals surface area contributed by atoms with Gasteiger partial charge in [-0.3, -0.25) is 5.10 Å². The monoisotopic (exact) mass is 459 g/mol. The second-order valence-corrected chi connectivity index (χ2v) is 8.29. The summed E-state index contributed by atoms with van der Waals surface area (Å²) < 4.78 is 16.5. The van der Waals surface area contributed by atoms with Crippen LogP contribution in [0.5, 0.6) is 11.5 Å². The van der Waals surface area contributed by atoms with Crippen LogP contribution in [0.15, 0.2) is 81.1 Å². The van der Waals surface area contributed by atoms with E-state index in [2.05, 4.69) is 25.7 Å². The molecule has 3 aromatic carbocycles. The van der Waals surface area contributed by atoms with E-state index in [0.717, 1.165) is 43.4 Å². The molecule has 0 saturated carbocycles. The molecule has 0 aliphatic rings. The molecule has 2 heterocycles. The van der Waals surface area contributed by atoms with Gasteiger partial charge in [-0.05, 0) is 48.0 Å². The van der Waals surface area contributed by atoms with E-state index in [1.807, 2.05) is 66.9 Å². The van der Waals surface area contributed by atoms with Crippen LogP contribution < -0.4 is 14.8 Å². The van der Waals surface area contributed by atoms with Crippen molar-refractivity contribution in [1.29, 1.82) is 0 Å². The third-order valence-corrected chi connectivity index (χ3v) is 6.17. The lowest BCUT2D eigenvalue weighted by Gasteiger charge is -2.11. The average Bonchev–Trinajstić information content (AvgIpc) is 3.50. The molecule has 166 valence electrons. The minimum atomic E-state index is 0.322. The second-order valence-electron chi connectivity index (χ2n) is 7.21. The normalized spacial score (nSPS) is 11.0. The van der Waals surface area contributed by atoms with Crippen LogP contribution in [-0.4, -0.2) is 34.6 Å². The molecule has 8 nitrogen and oxygen atoms in total. The molecular weight excluding hydrogens is 438 g/mol. The van der Waals surface area contributed by atoms with Crippen LogP contribution in [0.2, 0.25) is 0 Å². The van der Waals surface area contributed by atoms with E-state index >= 15 is 0 Å². The molecule has 33 heavy (non-hydrogen) atoms. The summed E-state index contributed by atoms with van der Waals surface area (Å²) in [6.07, 6.45) is 2.32. The first-order valence-corrected chi connectivity index (χ1v) is 11.0. The number of aromatic amines is 1. The Morgan fingerprint density at radius 3 is 2.64 bits per heavy atom. The highest BCUT2D eigenvalue weighted by Gasteiger charge is 2.15. The van der Waals surface area contributed by atoms with E-state index in [0.29, 0.717) is 18.3 Å². The number of H-pyrrole nitrogens is 1. The second kappa shape index (κ2) is 9.25. The Morgan fingerprint density at radius 2 is 1.79 bits per heavy atom. The number of anilines is 2. The molecule has 9 heteroatoms. The Balaban J connectivity index is 1.41. The highest BCUT2D eigenvalue weighted by molar-refractivity contribution is 7.99. The minimum absolute atomic E-state index is 0.322. The van der Waals surface area contributed by atoms with Crippen molar-refractivity contribution in [2.45, 2.75) is 16.2 Å². The highest BCUT2D eigenvalue weighted by Crippen LogP contribution is 2.40. The van der Waals surface area contributed by atoms with E-state index < -0.39 is 0 Å². The Kier molecular flexibility index (Phi) is 5.86. The van der Waals surface area contributed by atoms with Crippen molar-refractivity contribution < 1.29 is 13.9 Å². The zero-order chi connectivity index (χ0) is 22.6. The van der Waals surface area contributed by atoms with E-state index in [1.54, 1.807) is 26.0 Å². The zero-order valence-corrected chi connectivity index (χ0v) is 18.8. The van der Waals surface area contributed by atoms with Gasteiger partial charge in [-0.2, -0.15) is 5.10 Å². The summed E-state index contributed by atoms with van der Waals surface area (Å²) >= 11 is 1.60. The number of rotatable bonds is 8. The lowest BCUT2D eigenvalue weighted by Crippen LogP contribution is -1.93. The van der Waals surface area contributed by atoms with E-state index in [1.165, 1.54) is 0 Å². The molecule has 5 rings (SSSR count). The number of ether oxygens (including phenoxy) is 2. The Morgan fingerprint density at radius 1 is 0.970 bits per heavy atom. The molecule has 2 N–H and O–H groups in total. The molecule has 5 aromatic rings. The maximum atomic E-state index is 5.87. The highest BCUT2D eigenvalue weighted by atomic mass is 32.2. The number of nitrogens with zero attached hydrogens (tertiary/aromatic N) is 3. The van der Waals surface area contributed by atoms with Crippen molar-refractivity contribution in [2.24, 2.45) is 0 Å². The van der Waals surface area contributed by atoms with Crippen LogP contribution in [0, 0.1) is 0 Å². The molecule has 2 aromatic heterocycles. The third kappa shape index (κ3) is 4.63. The molecule has 0 spiro atoms. The number of fused-ring (bicyclic) bond motifs is 1. The van der Waals surface area contributed by atoms with E-state index in [-0.39, 0.29) is 0 Å². The average molecular weight is 460 g/mol. The van der Waals surface area contributed by atoms with Gasteiger partial charge in [0.15, 0.2) is 0 Å². The third-order valence-electron chi connectivity index (χ3n) is 5.03. The Bertz CT molecular complexity index is 1400. The number of nitrogens with one attached hydrogen (secondary N) is 2. The first kappa shape index (κ1) is 20.9. The Labute approximate surface area is 194 Å². The van der Waals surface area contributed by atoms with Crippen LogP contribution in [-0.2, 0) is 6.42 Å². The van der Waals surface area contributed by atoms with Gasteiger partial charge in [-0.1, -0.05) is 35.1 Å². The number of methoxy groups -OCH3 is 2. The Hall–Kier alpha value is -3.98. The van der Waals surface area contributed by atoms with Gasteiger partial charge < -0.3 is 19.2 Å². The molecule has 0 aliphatic carbocycles. The van der Waals surface area contributed by atoms with Crippen LogP contribution in [0.3, 0.4) is 0 Å². The summed E-state index contributed by atoms with van der Waals surface area (Å²) in [5.74, 6) is 2.10. The zero-order valence-electron chi connectivity index (χ0n) is 18.0. The fourth-order valence-corrected chi connectivity index (χ4v) is 4.49. The maximum absolute atomic E-state index is 5.87. The molecule has 0 bridgehead atoms. The standard InChI is InChI=1S/C24H21N5O3S/c1-30-16-6-3-5-15(11-16)12-22-28-29-24(32-22)26-21-10-9-20-19(14-25-27-20)23(21)33-18-8-4-7-17(13-18)31-2/h3-11,13-14H,12H2,1-2H3,(H,25,27)(H,26,29). The summed E-state index contributed by atoms with van der Waals surface area (Å²) in [7, 11) is 3.30. The first-order valence-electron chi connectivity index (χ1n) is 10.2. The van der Waals surface area contributed by atoms with Crippen molar-refractivity contribution in [1.82, 2.24) is 20.4 Å². The molecule has 0 atom stereocenters. The van der Waals surface area contributed by atoms with Gasteiger partial charge in [-0.15, -0.1) is 5.10 Å². The molecule has 0 amide bonds. The van der Waals surface area contributed by atoms with Gasteiger partial charge in [-0.25, -0.2) is 0 Å². The predicted octanol–water partition coefficient (Wildman–Crippen LogP) is 5.45. The minimum Gasteiger partial charge on any atom is -0.497 e. The van der Waals surface area contributed by atoms with Gasteiger partial charge in [0.1, 0.15) is 11.5 Å². The van der Waals surface area contributed by atoms with Crippen molar-refractivity contribution in [3.8, 4) is 11.5 Å². The molecule has 0 saturated heterocycles. The molecule has 0 fully saturated rings. The van der Waals surface area contributed by atoms with Crippen molar-refractivity contribution in [3.63, 3.8) is 0 Å². The largest absolute Gasteiger partial charge is 0.497 e. The van der Waals surface area contributed by atoms with Gasteiger partial charge in [0.25, 0.3) is 0 Å². The van der Waals surface area contributed by atoms with Crippen LogP contribution in [0.4, 0.5) is 11.7 Å². The van der Waals surface area contributed by atoms with Crippen LogP contribution in [0.1, 0.15) is 11.5 Å². The molecule has 0 unspecified atom stereocenters. The van der Waals surface area contributed by atoms with Crippen molar-refractivity contribution >= 4 is 34.4 Å². The molecule has 0 aliphatic heterocycles. The van der Waals surface area contributed by atoms with E-state index in [9.17, 15) is 0 Å². The summed E-state index contributed by atoms with van der Waals surface area (Å²) in [4.78, 5) is 2.03. The molecular formula is C24H21N5O3S. The van der Waals surface area contributed by atoms with Crippen molar-refractivity contribution in [3.05, 3.63) is 78.3 Å².